The van der Waals surface area contributed by atoms with Gasteiger partial charge in [0.15, 0.2) is 15.2 Å². The molecule has 0 aliphatic carbocycles. The van der Waals surface area contributed by atoms with Gasteiger partial charge in [-0.15, -0.1) is 0 Å². The van der Waals surface area contributed by atoms with Crippen LogP contribution in [0.1, 0.15) is 22.8 Å². The molecule has 1 fully saturated rings. The molecule has 2 amide bonds. The monoisotopic (exact) mass is 386 g/mol. The molecule has 0 radical (unpaired) electrons. The fourth-order valence-corrected chi connectivity index (χ4v) is 5.11. The molecule has 1 aromatic rings. The predicted molar refractivity (Wildman–Crippen MR) is 84.6 cm³/mol. The first kappa shape index (κ1) is 20.6. The largest absolute Gasteiger partial charge is 1.00 e. The summed E-state index contributed by atoms with van der Waals surface area (Å²) in [5, 5.41) is 12.2. The number of rotatable bonds is 3. The standard InChI is InChI=1S/C16H16N2O6S.Na/c1-8-3-5-10(6-4-8)13(19)17-11-14(20)18-12(16(21)22)9(2)7-25(23,24)15(11)18;/h3-6,11,15H,7H2,1-2H3,(H,17,19)(H,21,22);/q;+1/p-1/t11?,15-;/m1./s1. The van der Waals surface area contributed by atoms with Crippen molar-refractivity contribution in [3.8, 4) is 0 Å². The van der Waals surface area contributed by atoms with E-state index in [1.54, 1.807) is 24.3 Å². The molecule has 1 saturated heterocycles. The molecule has 0 saturated carbocycles. The molecule has 2 aliphatic heterocycles. The molecule has 2 aliphatic rings. The van der Waals surface area contributed by atoms with E-state index < -0.39 is 50.5 Å². The number of aryl methyl sites for hydroxylation is 1. The van der Waals surface area contributed by atoms with Crippen molar-refractivity contribution >= 4 is 27.6 Å². The molecule has 3 rings (SSSR count). The summed E-state index contributed by atoms with van der Waals surface area (Å²) in [6.45, 7) is 3.17. The topological polar surface area (TPSA) is 124 Å². The van der Waals surface area contributed by atoms with Crippen molar-refractivity contribution in [3.05, 3.63) is 46.7 Å². The van der Waals surface area contributed by atoms with E-state index in [-0.39, 0.29) is 40.7 Å². The number of nitrogens with zero attached hydrogens (tertiary/aromatic N) is 1. The van der Waals surface area contributed by atoms with Gasteiger partial charge in [0, 0.05) is 5.56 Å². The number of amides is 2. The molecule has 2 heterocycles. The van der Waals surface area contributed by atoms with Crippen LogP contribution in [-0.2, 0) is 19.4 Å². The molecule has 1 aromatic carbocycles. The zero-order valence-corrected chi connectivity index (χ0v) is 17.3. The van der Waals surface area contributed by atoms with Crippen molar-refractivity contribution < 1.29 is 57.5 Å². The summed E-state index contributed by atoms with van der Waals surface area (Å²) in [5.74, 6) is -3.50. The number of β-lactam (4-membered cyclic amide) rings is 1. The van der Waals surface area contributed by atoms with Gasteiger partial charge in [0.1, 0.15) is 6.04 Å². The van der Waals surface area contributed by atoms with E-state index in [2.05, 4.69) is 5.32 Å². The summed E-state index contributed by atoms with van der Waals surface area (Å²) < 4.78 is 24.7. The van der Waals surface area contributed by atoms with Gasteiger partial charge in [-0.2, -0.15) is 0 Å². The van der Waals surface area contributed by atoms with Crippen molar-refractivity contribution in [1.29, 1.82) is 0 Å². The summed E-state index contributed by atoms with van der Waals surface area (Å²) in [7, 11) is -3.81. The van der Waals surface area contributed by atoms with Gasteiger partial charge in [0.2, 0.25) is 0 Å². The van der Waals surface area contributed by atoms with E-state index >= 15 is 0 Å². The number of carbonyl (C=O) groups is 3. The predicted octanol–water partition coefficient (Wildman–Crippen LogP) is -4.28. The van der Waals surface area contributed by atoms with E-state index in [0.29, 0.717) is 4.90 Å². The molecule has 0 bridgehead atoms. The zero-order chi connectivity index (χ0) is 18.5. The van der Waals surface area contributed by atoms with Crippen molar-refractivity contribution in [1.82, 2.24) is 10.2 Å². The maximum atomic E-state index is 12.3. The maximum Gasteiger partial charge on any atom is 1.00 e. The number of benzene rings is 1. The Bertz CT molecular complexity index is 923. The average Bonchev–Trinajstić information content (AvgIpc) is 2.51. The van der Waals surface area contributed by atoms with Crippen LogP contribution in [0.5, 0.6) is 0 Å². The van der Waals surface area contributed by atoms with Gasteiger partial charge in [-0.3, -0.25) is 14.5 Å². The van der Waals surface area contributed by atoms with Gasteiger partial charge in [-0.05, 0) is 31.6 Å². The molecule has 10 heteroatoms. The first-order valence-corrected chi connectivity index (χ1v) is 9.18. The number of sulfone groups is 1. The van der Waals surface area contributed by atoms with Gasteiger partial charge < -0.3 is 15.2 Å². The van der Waals surface area contributed by atoms with Crippen LogP contribution < -0.4 is 40.0 Å². The average molecular weight is 386 g/mol. The van der Waals surface area contributed by atoms with E-state index in [1.165, 1.54) is 6.92 Å². The summed E-state index contributed by atoms with van der Waals surface area (Å²) >= 11 is 0. The van der Waals surface area contributed by atoms with Crippen LogP contribution in [0.3, 0.4) is 0 Å². The van der Waals surface area contributed by atoms with Crippen molar-refractivity contribution in [3.63, 3.8) is 0 Å². The second-order valence-corrected chi connectivity index (χ2v) is 8.24. The van der Waals surface area contributed by atoms with Crippen molar-refractivity contribution in [2.75, 3.05) is 5.75 Å². The minimum atomic E-state index is -3.81. The van der Waals surface area contributed by atoms with Crippen LogP contribution in [0.25, 0.3) is 0 Å². The second kappa shape index (κ2) is 7.15. The number of hydrogen-bond acceptors (Lipinski definition) is 6. The van der Waals surface area contributed by atoms with Gasteiger partial charge in [-0.25, -0.2) is 8.42 Å². The molecule has 0 aromatic heterocycles. The van der Waals surface area contributed by atoms with Crippen LogP contribution in [0, 0.1) is 6.92 Å². The normalized spacial score (nSPS) is 23.5. The number of carbonyl (C=O) groups excluding carboxylic acids is 3. The SMILES string of the molecule is CC1=C(C(=O)[O-])N2C(=O)C(NC(=O)c3ccc(C)cc3)[C@H]2S(=O)(=O)C1.[Na+]. The van der Waals surface area contributed by atoms with Crippen LogP contribution in [-0.4, -0.2) is 48.3 Å². The number of carboxylic acid groups (broad SMARTS) is 1. The molecular formula is C16H15N2NaO6S. The number of hydrogen-bond donors (Lipinski definition) is 1. The Morgan fingerprint density at radius 2 is 1.77 bits per heavy atom. The van der Waals surface area contributed by atoms with Crippen molar-refractivity contribution in [2.24, 2.45) is 0 Å². The fourth-order valence-electron chi connectivity index (χ4n) is 3.07. The fraction of sp³-hybridized carbons (Fsp3) is 0.312. The Labute approximate surface area is 172 Å². The third-order valence-electron chi connectivity index (χ3n) is 4.27. The Morgan fingerprint density at radius 3 is 2.31 bits per heavy atom. The minimum absolute atomic E-state index is 0. The second-order valence-electron chi connectivity index (χ2n) is 6.14. The third kappa shape index (κ3) is 3.32. The van der Waals surface area contributed by atoms with E-state index in [0.717, 1.165) is 5.56 Å². The molecule has 1 N–H and O–H groups in total. The van der Waals surface area contributed by atoms with Gasteiger partial charge in [-0.1, -0.05) is 17.7 Å². The van der Waals surface area contributed by atoms with E-state index in [4.69, 9.17) is 0 Å². The molecule has 1 unspecified atom stereocenters. The maximum absolute atomic E-state index is 12.3. The zero-order valence-electron chi connectivity index (χ0n) is 14.5. The van der Waals surface area contributed by atoms with Crippen LogP contribution in [0.4, 0.5) is 0 Å². The Balaban J connectivity index is 0.00000243. The number of nitrogens with one attached hydrogen (secondary N) is 1. The smallest absolute Gasteiger partial charge is 0.543 e. The summed E-state index contributed by atoms with van der Waals surface area (Å²) in [4.78, 5) is 36.5. The minimum Gasteiger partial charge on any atom is -0.543 e. The first-order valence-electron chi connectivity index (χ1n) is 7.47. The Hall–Kier alpha value is -1.68. The molecule has 2 atom stereocenters. The van der Waals surface area contributed by atoms with E-state index in [9.17, 15) is 27.9 Å². The molecule has 0 spiro atoms. The van der Waals surface area contributed by atoms with Crippen LogP contribution in [0.15, 0.2) is 35.5 Å². The Kier molecular flexibility index (Phi) is 5.67. The molecule has 8 nitrogen and oxygen atoms in total. The summed E-state index contributed by atoms with van der Waals surface area (Å²) in [6, 6.07) is 5.21. The Morgan fingerprint density at radius 1 is 1.19 bits per heavy atom. The van der Waals surface area contributed by atoms with Crippen molar-refractivity contribution in [2.45, 2.75) is 25.3 Å². The summed E-state index contributed by atoms with van der Waals surface area (Å²) in [6.07, 6.45) is 0. The van der Waals surface area contributed by atoms with Gasteiger partial charge in [0.05, 0.1) is 17.4 Å². The molecular weight excluding hydrogens is 371 g/mol. The van der Waals surface area contributed by atoms with E-state index in [1.807, 2.05) is 6.92 Å². The van der Waals surface area contributed by atoms with Crippen LogP contribution >= 0.6 is 0 Å². The van der Waals surface area contributed by atoms with Crippen LogP contribution in [0.2, 0.25) is 0 Å². The van der Waals surface area contributed by atoms with Gasteiger partial charge >= 0.3 is 29.6 Å². The number of carboxylic acids is 1. The number of aliphatic carboxylic acids is 1. The quantitative estimate of drug-likeness (QED) is 0.414. The number of fused-ring (bicyclic) bond motifs is 1. The first-order chi connectivity index (χ1) is 11.6. The summed E-state index contributed by atoms with van der Waals surface area (Å²) in [5.41, 5.74) is 0.812. The van der Waals surface area contributed by atoms with Gasteiger partial charge in [0.25, 0.3) is 11.8 Å². The molecule has 132 valence electrons. The third-order valence-corrected chi connectivity index (χ3v) is 6.32. The molecule has 26 heavy (non-hydrogen) atoms.